The third kappa shape index (κ3) is 12.6. The quantitative estimate of drug-likeness (QED) is 0.0682. The topological polar surface area (TPSA) is 483 Å². The molecule has 0 unspecified atom stereocenters. The number of rotatable bonds is 16. The summed E-state index contributed by atoms with van der Waals surface area (Å²) in [5, 5.41) is 176. The first-order valence-corrected chi connectivity index (χ1v) is 22.8. The van der Waals surface area contributed by atoms with Crippen LogP contribution in [-0.4, -0.2) is 304 Å². The summed E-state index contributed by atoms with van der Waals surface area (Å²) in [5.74, 6) is -1.62. The van der Waals surface area contributed by atoms with Crippen LogP contribution >= 0.6 is 0 Å². The second-order valence-electron chi connectivity index (χ2n) is 18.2. The number of amides is 2. The molecule has 0 saturated carbocycles. The van der Waals surface area contributed by atoms with Gasteiger partial charge in [0.1, 0.15) is 134 Å². The maximum Gasteiger partial charge on any atom is 0.217 e. The van der Waals surface area contributed by atoms with E-state index in [1.165, 1.54) is 13.8 Å². The van der Waals surface area contributed by atoms with Crippen LogP contribution in [0.2, 0.25) is 0 Å². The molecule has 0 radical (unpaired) electrons. The lowest BCUT2D eigenvalue weighted by molar-refractivity contribution is -0.393. The predicted molar refractivity (Wildman–Crippen MR) is 220 cm³/mol. The van der Waals surface area contributed by atoms with Gasteiger partial charge in [0, 0.05) is 13.8 Å². The molecule has 6 fully saturated rings. The van der Waals surface area contributed by atoms with Gasteiger partial charge < -0.3 is 144 Å². The Morgan fingerprint density at radius 1 is 0.394 bits per heavy atom. The molecule has 0 spiro atoms. The molecule has 0 bridgehead atoms. The van der Waals surface area contributed by atoms with Crippen molar-refractivity contribution in [3.05, 3.63) is 0 Å². The second kappa shape index (κ2) is 24.7. The van der Waals surface area contributed by atoms with Crippen molar-refractivity contribution >= 4 is 11.8 Å². The van der Waals surface area contributed by atoms with Gasteiger partial charge in [-0.05, 0) is 13.8 Å². The van der Waals surface area contributed by atoms with Crippen LogP contribution < -0.4 is 10.6 Å². The lowest BCUT2D eigenvalue weighted by atomic mass is 9.94. The summed E-state index contributed by atoms with van der Waals surface area (Å²) in [6.07, 6.45) is -50.8. The summed E-state index contributed by atoms with van der Waals surface area (Å²) in [5.41, 5.74) is 0. The predicted octanol–water partition coefficient (Wildman–Crippen LogP) is -11.8. The zero-order valence-corrected chi connectivity index (χ0v) is 38.6. The van der Waals surface area contributed by atoms with Crippen LogP contribution in [0.1, 0.15) is 27.7 Å². The molecular formula is C40H68N2O29. The highest BCUT2D eigenvalue weighted by molar-refractivity contribution is 5.73. The minimum absolute atomic E-state index is 0.768. The monoisotopic (exact) mass is 1040 g/mol. The molecule has 2 amide bonds. The molecule has 0 aromatic carbocycles. The normalized spacial score (nSPS) is 50.8. The van der Waals surface area contributed by atoms with Crippen molar-refractivity contribution in [1.82, 2.24) is 10.6 Å². The van der Waals surface area contributed by atoms with E-state index < -0.39 is 222 Å². The molecule has 0 aromatic heterocycles. The molecule has 6 aliphatic rings. The molecule has 31 heteroatoms. The van der Waals surface area contributed by atoms with Crippen molar-refractivity contribution in [3.8, 4) is 0 Å². The van der Waals surface area contributed by atoms with Gasteiger partial charge in [0.15, 0.2) is 37.7 Å². The molecular weight excluding hydrogens is 972 g/mol. The van der Waals surface area contributed by atoms with E-state index in [1.54, 1.807) is 0 Å². The molecule has 31 nitrogen and oxygen atoms in total. The molecule has 6 rings (SSSR count). The van der Waals surface area contributed by atoms with E-state index in [4.69, 9.17) is 52.1 Å². The highest BCUT2D eigenvalue weighted by Gasteiger charge is 2.58. The number of aliphatic hydroxyl groups is 16. The molecule has 71 heavy (non-hydrogen) atoms. The number of nitrogens with one attached hydrogen (secondary N) is 2. The van der Waals surface area contributed by atoms with Gasteiger partial charge in [0.05, 0.1) is 38.6 Å². The zero-order chi connectivity index (χ0) is 52.5. The van der Waals surface area contributed by atoms with Crippen LogP contribution in [-0.2, 0) is 61.7 Å². The Kier molecular flexibility index (Phi) is 20.2. The molecule has 0 aliphatic carbocycles. The van der Waals surface area contributed by atoms with E-state index in [0.29, 0.717) is 0 Å². The number of aliphatic hydroxyl groups excluding tert-OH is 16. The van der Waals surface area contributed by atoms with E-state index in [1.807, 2.05) is 0 Å². The molecule has 6 heterocycles. The molecule has 30 atom stereocenters. The van der Waals surface area contributed by atoms with Crippen LogP contribution in [0, 0.1) is 0 Å². The lowest BCUT2D eigenvalue weighted by Gasteiger charge is -2.51. The van der Waals surface area contributed by atoms with Gasteiger partial charge in [0.25, 0.3) is 0 Å². The summed E-state index contributed by atoms with van der Waals surface area (Å²) >= 11 is 0. The second-order valence-corrected chi connectivity index (χ2v) is 18.2. The summed E-state index contributed by atoms with van der Waals surface area (Å²) in [7, 11) is 0. The number of ether oxygens (including phenoxy) is 11. The highest BCUT2D eigenvalue weighted by Crippen LogP contribution is 2.37. The molecule has 6 aliphatic heterocycles. The average molecular weight is 1040 g/mol. The average Bonchev–Trinajstić information content (AvgIpc) is 3.33. The fourth-order valence-corrected chi connectivity index (χ4v) is 9.08. The van der Waals surface area contributed by atoms with Crippen molar-refractivity contribution in [2.45, 2.75) is 212 Å². The van der Waals surface area contributed by atoms with Crippen molar-refractivity contribution in [1.29, 1.82) is 0 Å². The van der Waals surface area contributed by atoms with Crippen molar-refractivity contribution in [2.75, 3.05) is 26.4 Å². The summed E-state index contributed by atoms with van der Waals surface area (Å²) in [6, 6.07) is -3.38. The summed E-state index contributed by atoms with van der Waals surface area (Å²) in [6.45, 7) is 0.982. The minimum Gasteiger partial charge on any atom is -0.394 e. The first kappa shape index (κ1) is 58.1. The van der Waals surface area contributed by atoms with Gasteiger partial charge in [-0.15, -0.1) is 0 Å². The van der Waals surface area contributed by atoms with Crippen LogP contribution in [0.3, 0.4) is 0 Å². The van der Waals surface area contributed by atoms with Gasteiger partial charge in [-0.3, -0.25) is 9.59 Å². The van der Waals surface area contributed by atoms with Crippen LogP contribution in [0.4, 0.5) is 0 Å². The summed E-state index contributed by atoms with van der Waals surface area (Å²) < 4.78 is 64.4. The Hall–Kier alpha value is -2.14. The van der Waals surface area contributed by atoms with Gasteiger partial charge in [-0.2, -0.15) is 0 Å². The minimum atomic E-state index is -2.09. The van der Waals surface area contributed by atoms with E-state index in [2.05, 4.69) is 10.6 Å². The number of hydrogen-bond acceptors (Lipinski definition) is 29. The molecule has 6 saturated heterocycles. The third-order valence-electron chi connectivity index (χ3n) is 13.1. The van der Waals surface area contributed by atoms with Crippen molar-refractivity contribution < 1.29 is 143 Å². The zero-order valence-electron chi connectivity index (χ0n) is 38.6. The third-order valence-corrected chi connectivity index (χ3v) is 13.1. The first-order chi connectivity index (χ1) is 33.4. The number of hydrogen-bond donors (Lipinski definition) is 18. The largest absolute Gasteiger partial charge is 0.394 e. The fourth-order valence-electron chi connectivity index (χ4n) is 9.08. The smallest absolute Gasteiger partial charge is 0.217 e. The van der Waals surface area contributed by atoms with Gasteiger partial charge in [-0.1, -0.05) is 0 Å². The molecule has 18 N–H and O–H groups in total. The standard InChI is InChI=1S/C40H68N2O29/c1-9-19(48)24(53)28(57)37(62-9)68-31-15(7-45)67-36(61-8-16-23(52)32(17(35(60)64-16)41-11(3)46)69-39-30(59)26(55)21(50)13(5-43)65-39)18(42-12(4)47)33(31)70-40-34(27(56)22(51)14(6-44)66-40)71-38-29(58)25(54)20(49)10(2)63-38/h9-10,13-40,43-45,48-60H,5-8H2,1-4H3,(H,41,46)(H,42,47)/t9-,10-,13+,14+,15+,16+,17+,18+,19+,20+,21-,22-,23-,24+,25+,26-,27-,28-,29-,30+,31+,32+,33+,34+,35-,36+,37-,38-,39-,40-/m0/s1. The number of carbonyl (C=O) groups is 2. The number of carbonyl (C=O) groups excluding carboxylic acids is 2. The SMILES string of the molecule is CC(=O)N[C@@H]1[C@@H](O[C@@H]2O[C@H](CO)[C@H](O)[C@H](O)[C@H]2O)[C@@H](O)[C@@H](CO[C@@H]2O[C@H](CO)[C@@H](O[C@@H]3O[C@@H](C)[C@@H](O)[C@@H](O)[C@@H]3O)[C@H](O[C@@H]3O[C@H](CO)[C@H](O)[C@H](O)[C@H]3O[C@@H]3O[C@@H](C)[C@@H](O)[C@@H](O)[C@@H]3O)[C@H]2NC(C)=O)O[C@@H]1O. The van der Waals surface area contributed by atoms with Gasteiger partial charge in [0.2, 0.25) is 11.8 Å². The van der Waals surface area contributed by atoms with E-state index in [9.17, 15) is 91.3 Å². The van der Waals surface area contributed by atoms with Crippen molar-refractivity contribution in [3.63, 3.8) is 0 Å². The molecule has 0 aromatic rings. The fraction of sp³-hybridized carbons (Fsp3) is 0.950. The highest BCUT2D eigenvalue weighted by atomic mass is 16.8. The lowest BCUT2D eigenvalue weighted by Crippen LogP contribution is -2.71. The van der Waals surface area contributed by atoms with Crippen LogP contribution in [0.15, 0.2) is 0 Å². The summed E-state index contributed by atoms with van der Waals surface area (Å²) in [4.78, 5) is 25.3. The Balaban J connectivity index is 1.34. The Morgan fingerprint density at radius 2 is 0.803 bits per heavy atom. The van der Waals surface area contributed by atoms with E-state index >= 15 is 0 Å². The Bertz CT molecular complexity index is 1710. The van der Waals surface area contributed by atoms with Gasteiger partial charge in [-0.25, -0.2) is 0 Å². The maximum absolute atomic E-state index is 13.1. The van der Waals surface area contributed by atoms with E-state index in [-0.39, 0.29) is 0 Å². The van der Waals surface area contributed by atoms with Gasteiger partial charge >= 0.3 is 0 Å². The Morgan fingerprint density at radius 3 is 1.31 bits per heavy atom. The molecule has 412 valence electrons. The van der Waals surface area contributed by atoms with E-state index in [0.717, 1.165) is 13.8 Å². The van der Waals surface area contributed by atoms with Crippen LogP contribution in [0.25, 0.3) is 0 Å². The maximum atomic E-state index is 13.1. The van der Waals surface area contributed by atoms with Crippen molar-refractivity contribution in [2.24, 2.45) is 0 Å². The van der Waals surface area contributed by atoms with Crippen LogP contribution in [0.5, 0.6) is 0 Å². The Labute approximate surface area is 403 Å². The first-order valence-electron chi connectivity index (χ1n) is 22.8.